The molecule has 0 spiro atoms. The molecule has 0 saturated heterocycles. The number of methoxy groups -OCH3 is 1. The molecule has 2 atom stereocenters. The molecule has 0 heterocycles. The maximum Gasteiger partial charge on any atom is 0.401 e. The van der Waals surface area contributed by atoms with Gasteiger partial charge in [-0.1, -0.05) is 0 Å². The summed E-state index contributed by atoms with van der Waals surface area (Å²) in [7, 11) is 2.67. The van der Waals surface area contributed by atoms with Gasteiger partial charge in [-0.3, -0.25) is 4.90 Å². The first-order valence-electron chi connectivity index (χ1n) is 4.44. The van der Waals surface area contributed by atoms with E-state index in [-0.39, 0.29) is 6.61 Å². The smallest absolute Gasteiger partial charge is 0.395 e. The number of likely N-dealkylation sites (N-methyl/N-ethyl adjacent to an activating group) is 1. The highest BCUT2D eigenvalue weighted by atomic mass is 19.4. The van der Waals surface area contributed by atoms with Gasteiger partial charge in [0.25, 0.3) is 0 Å². The number of hydrogen-bond acceptors (Lipinski definition) is 4. The van der Waals surface area contributed by atoms with Crippen molar-refractivity contribution in [3.8, 4) is 0 Å². The second kappa shape index (κ2) is 6.26. The van der Waals surface area contributed by atoms with Gasteiger partial charge in [-0.05, 0) is 7.05 Å². The molecule has 92 valence electrons. The SMILES string of the molecule is COCC(N)C(CO)N(C)CC(F)(F)F. The molecule has 0 aromatic heterocycles. The number of hydrogen-bond donors (Lipinski definition) is 2. The summed E-state index contributed by atoms with van der Waals surface area (Å²) in [5, 5.41) is 8.95. The third-order valence-corrected chi connectivity index (χ3v) is 2.04. The van der Waals surface area contributed by atoms with Crippen molar-refractivity contribution in [3.63, 3.8) is 0 Å². The second-order valence-corrected chi connectivity index (χ2v) is 3.40. The molecule has 0 aliphatic carbocycles. The monoisotopic (exact) mass is 230 g/mol. The Morgan fingerprint density at radius 3 is 2.33 bits per heavy atom. The number of aliphatic hydroxyl groups excluding tert-OH is 1. The van der Waals surface area contributed by atoms with Crippen LogP contribution >= 0.6 is 0 Å². The standard InChI is InChI=1S/C8H17F3N2O2/c1-13(5-8(9,10)11)7(3-14)6(12)4-15-2/h6-7,14H,3-5,12H2,1-2H3. The Morgan fingerprint density at radius 2 is 2.00 bits per heavy atom. The van der Waals surface area contributed by atoms with Gasteiger partial charge in [0, 0.05) is 13.2 Å². The quantitative estimate of drug-likeness (QED) is 0.664. The van der Waals surface area contributed by atoms with Crippen molar-refractivity contribution in [1.82, 2.24) is 4.90 Å². The van der Waals surface area contributed by atoms with Gasteiger partial charge in [0.05, 0.1) is 25.8 Å². The highest BCUT2D eigenvalue weighted by molar-refractivity contribution is 4.81. The van der Waals surface area contributed by atoms with Crippen LogP contribution in [0.2, 0.25) is 0 Å². The van der Waals surface area contributed by atoms with Gasteiger partial charge < -0.3 is 15.6 Å². The Balaban J connectivity index is 4.27. The third-order valence-electron chi connectivity index (χ3n) is 2.04. The number of ether oxygens (including phenoxy) is 1. The maximum absolute atomic E-state index is 12.1. The van der Waals surface area contributed by atoms with E-state index in [4.69, 9.17) is 15.6 Å². The molecule has 7 heteroatoms. The van der Waals surface area contributed by atoms with E-state index in [1.807, 2.05) is 0 Å². The molecule has 15 heavy (non-hydrogen) atoms. The molecule has 3 N–H and O–H groups in total. The molecule has 4 nitrogen and oxygen atoms in total. The minimum absolute atomic E-state index is 0.105. The summed E-state index contributed by atoms with van der Waals surface area (Å²) in [4.78, 5) is 0.976. The van der Waals surface area contributed by atoms with E-state index in [1.165, 1.54) is 14.2 Å². The molecular weight excluding hydrogens is 213 g/mol. The first-order valence-corrected chi connectivity index (χ1v) is 4.44. The average Bonchev–Trinajstić information content (AvgIpc) is 2.02. The van der Waals surface area contributed by atoms with Gasteiger partial charge in [-0.2, -0.15) is 13.2 Å². The van der Waals surface area contributed by atoms with Gasteiger partial charge in [-0.15, -0.1) is 0 Å². The topological polar surface area (TPSA) is 58.7 Å². The molecule has 0 radical (unpaired) electrons. The Kier molecular flexibility index (Phi) is 6.11. The first kappa shape index (κ1) is 14.6. The molecular formula is C8H17F3N2O2. The molecule has 0 fully saturated rings. The molecule has 2 unspecified atom stereocenters. The van der Waals surface area contributed by atoms with Crippen molar-refractivity contribution in [2.45, 2.75) is 18.3 Å². The summed E-state index contributed by atoms with van der Waals surface area (Å²) in [6.45, 7) is -1.43. The average molecular weight is 230 g/mol. The number of rotatable bonds is 6. The zero-order valence-corrected chi connectivity index (χ0v) is 8.79. The second-order valence-electron chi connectivity index (χ2n) is 3.40. The fraction of sp³-hybridized carbons (Fsp3) is 1.00. The van der Waals surface area contributed by atoms with Crippen LogP contribution in [0.1, 0.15) is 0 Å². The molecule has 0 rings (SSSR count). The van der Waals surface area contributed by atoms with Crippen LogP contribution in [0.4, 0.5) is 13.2 Å². The van der Waals surface area contributed by atoms with Crippen molar-refractivity contribution < 1.29 is 23.0 Å². The Bertz CT molecular complexity index is 178. The van der Waals surface area contributed by atoms with Crippen LogP contribution in [0.15, 0.2) is 0 Å². The van der Waals surface area contributed by atoms with Crippen LogP contribution in [-0.4, -0.2) is 62.2 Å². The highest BCUT2D eigenvalue weighted by Crippen LogP contribution is 2.17. The van der Waals surface area contributed by atoms with Crippen LogP contribution in [-0.2, 0) is 4.74 Å². The molecule has 0 saturated carbocycles. The van der Waals surface area contributed by atoms with Crippen LogP contribution < -0.4 is 5.73 Å². The molecule has 0 aromatic rings. The fourth-order valence-corrected chi connectivity index (χ4v) is 1.31. The van der Waals surface area contributed by atoms with Gasteiger partial charge in [0.1, 0.15) is 0 Å². The molecule has 0 amide bonds. The number of nitrogens with two attached hydrogens (primary N) is 1. The van der Waals surface area contributed by atoms with E-state index < -0.39 is 31.4 Å². The summed E-state index contributed by atoms with van der Waals surface area (Å²) in [6, 6.07) is -1.40. The summed E-state index contributed by atoms with van der Waals surface area (Å²) in [6.07, 6.45) is -4.30. The van der Waals surface area contributed by atoms with E-state index in [0.717, 1.165) is 4.90 Å². The Hall–Kier alpha value is -0.370. The van der Waals surface area contributed by atoms with Gasteiger partial charge >= 0.3 is 6.18 Å². The summed E-state index contributed by atoms with van der Waals surface area (Å²) in [5.74, 6) is 0. The number of aliphatic hydroxyl groups is 1. The summed E-state index contributed by atoms with van der Waals surface area (Å²) in [5.41, 5.74) is 5.56. The summed E-state index contributed by atoms with van der Waals surface area (Å²) >= 11 is 0. The third kappa shape index (κ3) is 5.93. The Labute approximate surface area is 86.8 Å². The molecule has 0 aromatic carbocycles. The number of nitrogens with zero attached hydrogens (tertiary/aromatic N) is 1. The van der Waals surface area contributed by atoms with Crippen LogP contribution in [0.5, 0.6) is 0 Å². The molecule has 0 aliphatic heterocycles. The first-order chi connectivity index (χ1) is 6.81. The minimum Gasteiger partial charge on any atom is -0.395 e. The lowest BCUT2D eigenvalue weighted by atomic mass is 10.1. The van der Waals surface area contributed by atoms with Gasteiger partial charge in [0.2, 0.25) is 0 Å². The zero-order valence-electron chi connectivity index (χ0n) is 8.79. The van der Waals surface area contributed by atoms with E-state index in [2.05, 4.69) is 0 Å². The molecule has 0 bridgehead atoms. The van der Waals surface area contributed by atoms with E-state index in [0.29, 0.717) is 0 Å². The predicted molar refractivity (Wildman–Crippen MR) is 49.4 cm³/mol. The number of halogens is 3. The minimum atomic E-state index is -4.30. The van der Waals surface area contributed by atoms with Crippen molar-refractivity contribution in [1.29, 1.82) is 0 Å². The summed E-state index contributed by atoms with van der Waals surface area (Å²) < 4.78 is 40.9. The van der Waals surface area contributed by atoms with Crippen molar-refractivity contribution >= 4 is 0 Å². The lowest BCUT2D eigenvalue weighted by Gasteiger charge is -2.31. The molecule has 0 aliphatic rings. The maximum atomic E-state index is 12.1. The predicted octanol–water partition coefficient (Wildman–Crippen LogP) is -0.185. The van der Waals surface area contributed by atoms with E-state index >= 15 is 0 Å². The van der Waals surface area contributed by atoms with Crippen LogP contribution in [0.25, 0.3) is 0 Å². The van der Waals surface area contributed by atoms with Gasteiger partial charge in [-0.25, -0.2) is 0 Å². The number of alkyl halides is 3. The zero-order chi connectivity index (χ0) is 12.1. The Morgan fingerprint density at radius 1 is 1.47 bits per heavy atom. The van der Waals surface area contributed by atoms with Crippen molar-refractivity contribution in [3.05, 3.63) is 0 Å². The largest absolute Gasteiger partial charge is 0.401 e. The fourth-order valence-electron chi connectivity index (χ4n) is 1.31. The van der Waals surface area contributed by atoms with Crippen LogP contribution in [0.3, 0.4) is 0 Å². The van der Waals surface area contributed by atoms with Crippen molar-refractivity contribution in [2.75, 3.05) is 33.9 Å². The lowest BCUT2D eigenvalue weighted by molar-refractivity contribution is -0.150. The van der Waals surface area contributed by atoms with Crippen LogP contribution in [0, 0.1) is 0 Å². The van der Waals surface area contributed by atoms with E-state index in [9.17, 15) is 13.2 Å². The lowest BCUT2D eigenvalue weighted by Crippen LogP contribution is -2.52. The van der Waals surface area contributed by atoms with E-state index in [1.54, 1.807) is 0 Å². The highest BCUT2D eigenvalue weighted by Gasteiger charge is 2.33. The van der Waals surface area contributed by atoms with Crippen molar-refractivity contribution in [2.24, 2.45) is 5.73 Å². The van der Waals surface area contributed by atoms with Gasteiger partial charge in [0.15, 0.2) is 0 Å². The normalized spacial score (nSPS) is 16.8.